The number of alkyl halides is 1. The van der Waals surface area contributed by atoms with Crippen molar-refractivity contribution in [2.45, 2.75) is 20.3 Å². The van der Waals surface area contributed by atoms with Gasteiger partial charge in [-0.25, -0.2) is 0 Å². The second-order valence-electron chi connectivity index (χ2n) is 1.92. The van der Waals surface area contributed by atoms with Crippen LogP contribution in [0.15, 0.2) is 0 Å². The average molecular weight is 272 g/mol. The summed E-state index contributed by atoms with van der Waals surface area (Å²) in [6, 6.07) is 0. The second-order valence-corrected chi connectivity index (χ2v) is 3.00. The van der Waals surface area contributed by atoms with Gasteiger partial charge in [0.1, 0.15) is 5.78 Å². The van der Waals surface area contributed by atoms with Crippen molar-refractivity contribution in [3.05, 3.63) is 0 Å². The molecular weight excluding hydrogens is 259 g/mol. The number of carbonyl (C=O) groups is 2. The van der Waals surface area contributed by atoms with Crippen LogP contribution in [0.5, 0.6) is 0 Å². The van der Waals surface area contributed by atoms with E-state index in [4.69, 9.17) is 0 Å². The third kappa shape index (κ3) is 25.8. The Balaban J connectivity index is 0. The van der Waals surface area contributed by atoms with Crippen molar-refractivity contribution in [1.29, 1.82) is 0 Å². The fourth-order valence-electron chi connectivity index (χ4n) is 0.179. The quantitative estimate of drug-likeness (QED) is 0.435. The van der Waals surface area contributed by atoms with Crippen molar-refractivity contribution in [3.8, 4) is 0 Å². The van der Waals surface area contributed by atoms with Crippen LogP contribution in [0.4, 0.5) is 0 Å². The van der Waals surface area contributed by atoms with Gasteiger partial charge in [-0.1, -0.05) is 22.6 Å². The van der Waals surface area contributed by atoms with Crippen molar-refractivity contribution in [3.63, 3.8) is 0 Å². The van der Waals surface area contributed by atoms with E-state index in [1.54, 1.807) is 0 Å². The van der Waals surface area contributed by atoms with E-state index in [0.29, 0.717) is 6.42 Å². The molecule has 0 amide bonds. The van der Waals surface area contributed by atoms with Crippen molar-refractivity contribution in [1.82, 2.24) is 0 Å². The van der Waals surface area contributed by atoms with E-state index in [1.165, 1.54) is 21.0 Å². The number of rotatable bonds is 2. The normalized spacial score (nSPS) is 7.64. The van der Waals surface area contributed by atoms with Gasteiger partial charge in [-0.05, 0) is 13.8 Å². The predicted molar refractivity (Wildman–Crippen MR) is 51.9 cm³/mol. The molecule has 0 atom stereocenters. The first-order valence-corrected chi connectivity index (χ1v) is 4.67. The predicted octanol–water partition coefficient (Wildman–Crippen LogP) is 1.58. The Labute approximate surface area is 80.6 Å². The Morgan fingerprint density at radius 3 is 1.82 bits per heavy atom. The summed E-state index contributed by atoms with van der Waals surface area (Å²) in [5.74, 6) is 0.0365. The van der Waals surface area contributed by atoms with Crippen LogP contribution in [-0.2, 0) is 14.3 Å². The molecule has 0 saturated carbocycles. The maximum atomic E-state index is 10.2. The Hall–Kier alpha value is -0.130. The van der Waals surface area contributed by atoms with Gasteiger partial charge in [0.05, 0.1) is 13.5 Å². The molecule has 0 spiro atoms. The van der Waals surface area contributed by atoms with E-state index in [9.17, 15) is 9.59 Å². The van der Waals surface area contributed by atoms with E-state index in [1.807, 2.05) is 0 Å². The van der Waals surface area contributed by atoms with Crippen LogP contribution in [0.3, 0.4) is 0 Å². The van der Waals surface area contributed by atoms with Gasteiger partial charge in [-0.15, -0.1) is 0 Å². The summed E-state index contributed by atoms with van der Waals surface area (Å²) in [4.78, 5) is 19.6. The van der Waals surface area contributed by atoms with Crippen LogP contribution in [0.25, 0.3) is 0 Å². The van der Waals surface area contributed by atoms with Gasteiger partial charge in [-0.2, -0.15) is 0 Å². The minimum absolute atomic E-state index is 0.130. The summed E-state index contributed by atoms with van der Waals surface area (Å²) in [6.45, 7) is 3.06. The van der Waals surface area contributed by atoms with Crippen molar-refractivity contribution in [2.24, 2.45) is 0 Å². The van der Waals surface area contributed by atoms with Crippen LogP contribution in [0.1, 0.15) is 20.3 Å². The third-order valence-corrected chi connectivity index (χ3v) is 1.07. The van der Waals surface area contributed by atoms with E-state index in [0.717, 1.165) is 4.43 Å². The van der Waals surface area contributed by atoms with Crippen LogP contribution in [0, 0.1) is 0 Å². The van der Waals surface area contributed by atoms with E-state index < -0.39 is 0 Å². The van der Waals surface area contributed by atoms with Crippen molar-refractivity contribution >= 4 is 34.3 Å². The summed E-state index contributed by atoms with van der Waals surface area (Å²) in [5.41, 5.74) is 0. The molecule has 0 aliphatic rings. The smallest absolute Gasteiger partial charge is 0.306 e. The number of hydrogen-bond acceptors (Lipinski definition) is 3. The Morgan fingerprint density at radius 2 is 1.73 bits per heavy atom. The molecule has 0 radical (unpaired) electrons. The molecule has 11 heavy (non-hydrogen) atoms. The highest BCUT2D eigenvalue weighted by atomic mass is 127. The summed E-state index contributed by atoms with van der Waals surface area (Å²) in [5, 5.41) is 0. The molecule has 0 aromatic rings. The maximum absolute atomic E-state index is 10.2. The monoisotopic (exact) mass is 272 g/mol. The lowest BCUT2D eigenvalue weighted by Crippen LogP contribution is -1.99. The fourth-order valence-corrected chi connectivity index (χ4v) is 0.620. The summed E-state index contributed by atoms with van der Waals surface area (Å²) < 4.78 is 5.18. The SMILES string of the molecule is CC(C)=O.COC(=O)CCI. The van der Waals surface area contributed by atoms with Crippen LogP contribution >= 0.6 is 22.6 Å². The second kappa shape index (κ2) is 9.87. The molecule has 0 fully saturated rings. The Morgan fingerprint density at radius 1 is 1.36 bits per heavy atom. The van der Waals surface area contributed by atoms with Gasteiger partial charge in [0, 0.05) is 4.43 Å². The molecule has 0 aliphatic carbocycles. The van der Waals surface area contributed by atoms with E-state index >= 15 is 0 Å². The minimum Gasteiger partial charge on any atom is -0.469 e. The third-order valence-electron chi connectivity index (χ3n) is 0.526. The average Bonchev–Trinajstić information content (AvgIpc) is 1.87. The van der Waals surface area contributed by atoms with E-state index in [-0.39, 0.29) is 11.8 Å². The highest BCUT2D eigenvalue weighted by Gasteiger charge is 1.93. The number of methoxy groups -OCH3 is 1. The van der Waals surface area contributed by atoms with Crippen LogP contribution in [0.2, 0.25) is 0 Å². The first-order valence-electron chi connectivity index (χ1n) is 3.14. The maximum Gasteiger partial charge on any atom is 0.306 e. The summed E-state index contributed by atoms with van der Waals surface area (Å²) >= 11 is 2.13. The fraction of sp³-hybridized carbons (Fsp3) is 0.714. The number of ketones is 1. The molecule has 0 heterocycles. The van der Waals surface area contributed by atoms with Crippen LogP contribution < -0.4 is 0 Å². The van der Waals surface area contributed by atoms with Gasteiger partial charge < -0.3 is 9.53 Å². The number of halogens is 1. The topological polar surface area (TPSA) is 43.4 Å². The number of ether oxygens (including phenoxy) is 1. The molecule has 0 aromatic carbocycles. The highest BCUT2D eigenvalue weighted by molar-refractivity contribution is 14.1. The van der Waals surface area contributed by atoms with Gasteiger partial charge in [0.15, 0.2) is 0 Å². The molecule has 0 N–H and O–H groups in total. The van der Waals surface area contributed by atoms with Crippen molar-refractivity contribution in [2.75, 3.05) is 11.5 Å². The number of carbonyl (C=O) groups excluding carboxylic acids is 2. The first kappa shape index (κ1) is 13.5. The van der Waals surface area contributed by atoms with Gasteiger partial charge in [0.2, 0.25) is 0 Å². The summed E-state index contributed by atoms with van der Waals surface area (Å²) in [6.07, 6.45) is 0.525. The molecule has 0 aromatic heterocycles. The largest absolute Gasteiger partial charge is 0.469 e. The molecule has 66 valence electrons. The van der Waals surface area contributed by atoms with Gasteiger partial charge in [0.25, 0.3) is 0 Å². The van der Waals surface area contributed by atoms with Gasteiger partial charge >= 0.3 is 5.97 Å². The molecule has 4 heteroatoms. The zero-order valence-corrected chi connectivity index (χ0v) is 9.17. The zero-order valence-electron chi connectivity index (χ0n) is 7.02. The lowest BCUT2D eigenvalue weighted by atomic mass is 10.5. The molecule has 0 unspecified atom stereocenters. The minimum atomic E-state index is -0.130. The lowest BCUT2D eigenvalue weighted by Gasteiger charge is -1.90. The molecule has 0 saturated heterocycles. The molecule has 0 aliphatic heterocycles. The van der Waals surface area contributed by atoms with Crippen molar-refractivity contribution < 1.29 is 14.3 Å². The first-order chi connectivity index (χ1) is 5.04. The van der Waals surface area contributed by atoms with E-state index in [2.05, 4.69) is 27.3 Å². The molecule has 0 bridgehead atoms. The Kier molecular flexibility index (Phi) is 12.1. The zero-order chi connectivity index (χ0) is 9.28. The van der Waals surface area contributed by atoms with Gasteiger partial charge in [-0.3, -0.25) is 4.79 Å². The molecular formula is C7H13IO3. The van der Waals surface area contributed by atoms with Crippen LogP contribution in [-0.4, -0.2) is 23.3 Å². The Bertz CT molecular complexity index is 119. The number of Topliss-reactive ketones (excluding diaryl/α,β-unsaturated/α-hetero) is 1. The number of hydrogen-bond donors (Lipinski definition) is 0. The highest BCUT2D eigenvalue weighted by Crippen LogP contribution is 1.88. The standard InChI is InChI=1S/C4H7IO2.C3H6O/c1-7-4(6)2-3-5;1-3(2)4/h2-3H2,1H3;1-2H3. The lowest BCUT2D eigenvalue weighted by molar-refractivity contribution is -0.140. The molecule has 0 rings (SSSR count). The summed E-state index contributed by atoms with van der Waals surface area (Å²) in [7, 11) is 1.40. The molecule has 3 nitrogen and oxygen atoms in total. The number of esters is 1.